The SMILES string of the molecule is CC[NH+](CC(=O)NC(C)(C)C)Cc1nc(N)nc(Nc2ccccc2C)n1. The number of carbonyl (C=O) groups is 1. The highest BCUT2D eigenvalue weighted by atomic mass is 16.2. The van der Waals surface area contributed by atoms with E-state index >= 15 is 0 Å². The molecule has 0 radical (unpaired) electrons. The molecule has 0 aliphatic heterocycles. The number of rotatable bonds is 7. The van der Waals surface area contributed by atoms with Crippen LogP contribution in [0.3, 0.4) is 0 Å². The molecule has 0 aliphatic carbocycles. The first kappa shape index (κ1) is 20.6. The minimum absolute atomic E-state index is 0.000336. The van der Waals surface area contributed by atoms with E-state index in [1.54, 1.807) is 0 Å². The Hall–Kier alpha value is -2.74. The van der Waals surface area contributed by atoms with Gasteiger partial charge in [0.15, 0.2) is 12.4 Å². The van der Waals surface area contributed by atoms with Gasteiger partial charge in [0, 0.05) is 11.2 Å². The van der Waals surface area contributed by atoms with Gasteiger partial charge >= 0.3 is 0 Å². The van der Waals surface area contributed by atoms with Crippen LogP contribution in [0.25, 0.3) is 0 Å². The van der Waals surface area contributed by atoms with Gasteiger partial charge in [0.2, 0.25) is 11.9 Å². The molecule has 0 saturated heterocycles. The van der Waals surface area contributed by atoms with Gasteiger partial charge in [-0.3, -0.25) is 4.79 Å². The van der Waals surface area contributed by atoms with Gasteiger partial charge in [0.05, 0.1) is 6.54 Å². The van der Waals surface area contributed by atoms with Crippen molar-refractivity contribution in [3.63, 3.8) is 0 Å². The van der Waals surface area contributed by atoms with Crippen molar-refractivity contribution in [2.24, 2.45) is 0 Å². The summed E-state index contributed by atoms with van der Waals surface area (Å²) >= 11 is 0. The van der Waals surface area contributed by atoms with E-state index in [9.17, 15) is 4.79 Å². The van der Waals surface area contributed by atoms with Gasteiger partial charge in [0.25, 0.3) is 5.91 Å². The first-order chi connectivity index (χ1) is 12.7. The fourth-order valence-electron chi connectivity index (χ4n) is 2.63. The van der Waals surface area contributed by atoms with Crippen molar-refractivity contribution < 1.29 is 9.69 Å². The number of quaternary nitrogens is 1. The molecule has 2 aromatic rings. The van der Waals surface area contributed by atoms with E-state index in [-0.39, 0.29) is 17.4 Å². The van der Waals surface area contributed by atoms with Crippen LogP contribution in [0.5, 0.6) is 0 Å². The molecule has 0 bridgehead atoms. The highest BCUT2D eigenvalue weighted by Crippen LogP contribution is 2.17. The molecule has 0 saturated carbocycles. The molecule has 2 rings (SSSR count). The molecule has 1 amide bonds. The number of hydrogen-bond acceptors (Lipinski definition) is 6. The topological polar surface area (TPSA) is 110 Å². The van der Waals surface area contributed by atoms with E-state index in [1.807, 2.05) is 58.9 Å². The van der Waals surface area contributed by atoms with Crippen LogP contribution in [-0.4, -0.2) is 39.5 Å². The van der Waals surface area contributed by atoms with Gasteiger partial charge in [-0.05, 0) is 46.2 Å². The Labute approximate surface area is 160 Å². The Morgan fingerprint density at radius 3 is 2.52 bits per heavy atom. The predicted octanol–water partition coefficient (Wildman–Crippen LogP) is 0.825. The van der Waals surface area contributed by atoms with Crippen LogP contribution >= 0.6 is 0 Å². The van der Waals surface area contributed by atoms with Gasteiger partial charge in [-0.15, -0.1) is 0 Å². The first-order valence-corrected chi connectivity index (χ1v) is 9.14. The third kappa shape index (κ3) is 6.82. The van der Waals surface area contributed by atoms with Crippen molar-refractivity contribution in [2.45, 2.75) is 46.7 Å². The molecule has 0 aliphatic rings. The lowest BCUT2D eigenvalue weighted by Gasteiger charge is -2.23. The highest BCUT2D eigenvalue weighted by molar-refractivity contribution is 5.77. The summed E-state index contributed by atoms with van der Waals surface area (Å²) in [6, 6.07) is 7.87. The number of benzene rings is 1. The maximum Gasteiger partial charge on any atom is 0.275 e. The molecule has 1 aromatic carbocycles. The maximum absolute atomic E-state index is 12.2. The van der Waals surface area contributed by atoms with Crippen LogP contribution < -0.4 is 21.3 Å². The fraction of sp³-hybridized carbons (Fsp3) is 0.474. The van der Waals surface area contributed by atoms with Crippen molar-refractivity contribution in [3.8, 4) is 0 Å². The number of nitrogens with two attached hydrogens (primary N) is 1. The van der Waals surface area contributed by atoms with E-state index < -0.39 is 0 Å². The lowest BCUT2D eigenvalue weighted by atomic mass is 10.1. The summed E-state index contributed by atoms with van der Waals surface area (Å²) in [5.74, 6) is 1.12. The summed E-state index contributed by atoms with van der Waals surface area (Å²) in [5, 5.41) is 6.17. The van der Waals surface area contributed by atoms with E-state index in [4.69, 9.17) is 5.73 Å². The van der Waals surface area contributed by atoms with E-state index in [2.05, 4.69) is 25.6 Å². The standard InChI is InChI=1S/C19H29N7O/c1-6-26(12-16(27)25-19(3,4)5)11-15-22-17(20)24-18(23-15)21-14-10-8-7-9-13(14)2/h7-10H,6,11-12H2,1-5H3,(H,25,27)(H3,20,21,22,23,24)/p+1. The number of nitrogens with zero attached hydrogens (tertiary/aromatic N) is 3. The van der Waals surface area contributed by atoms with Gasteiger partial charge in [0.1, 0.15) is 6.54 Å². The third-order valence-electron chi connectivity index (χ3n) is 3.92. The summed E-state index contributed by atoms with van der Waals surface area (Å²) in [6.07, 6.45) is 0. The lowest BCUT2D eigenvalue weighted by molar-refractivity contribution is -0.904. The number of amides is 1. The Morgan fingerprint density at radius 2 is 1.89 bits per heavy atom. The second-order valence-electron chi connectivity index (χ2n) is 7.63. The number of carbonyl (C=O) groups excluding carboxylic acids is 1. The minimum Gasteiger partial charge on any atom is -0.368 e. The molecular weight excluding hydrogens is 342 g/mol. The second kappa shape index (κ2) is 8.77. The van der Waals surface area contributed by atoms with Gasteiger partial charge in [-0.1, -0.05) is 18.2 Å². The van der Waals surface area contributed by atoms with Crippen LogP contribution in [0.15, 0.2) is 24.3 Å². The zero-order valence-electron chi connectivity index (χ0n) is 16.8. The molecule has 1 atom stereocenters. The Balaban J connectivity index is 2.10. The molecule has 0 fully saturated rings. The smallest absolute Gasteiger partial charge is 0.275 e. The summed E-state index contributed by atoms with van der Waals surface area (Å²) in [7, 11) is 0. The fourth-order valence-corrected chi connectivity index (χ4v) is 2.63. The number of para-hydroxylation sites is 1. The zero-order chi connectivity index (χ0) is 20.0. The Morgan fingerprint density at radius 1 is 1.19 bits per heavy atom. The largest absolute Gasteiger partial charge is 0.368 e. The zero-order valence-corrected chi connectivity index (χ0v) is 16.8. The van der Waals surface area contributed by atoms with Gasteiger partial charge < -0.3 is 21.3 Å². The van der Waals surface area contributed by atoms with Crippen LogP contribution in [0, 0.1) is 6.92 Å². The summed E-state index contributed by atoms with van der Waals surface area (Å²) in [4.78, 5) is 26.1. The van der Waals surface area contributed by atoms with Gasteiger partial charge in [-0.2, -0.15) is 15.0 Å². The number of likely N-dealkylation sites (N-methyl/N-ethyl adjacent to an activating group) is 1. The molecular formula is C19H30N7O+. The molecule has 146 valence electrons. The molecule has 0 spiro atoms. The Bertz CT molecular complexity index is 786. The number of nitrogens with one attached hydrogen (secondary N) is 3. The minimum atomic E-state index is -0.252. The van der Waals surface area contributed by atoms with Crippen LogP contribution in [0.1, 0.15) is 39.1 Å². The van der Waals surface area contributed by atoms with Crippen molar-refractivity contribution >= 4 is 23.5 Å². The van der Waals surface area contributed by atoms with Crippen molar-refractivity contribution in [1.29, 1.82) is 0 Å². The third-order valence-corrected chi connectivity index (χ3v) is 3.92. The normalized spacial score (nSPS) is 12.5. The molecule has 27 heavy (non-hydrogen) atoms. The van der Waals surface area contributed by atoms with Crippen molar-refractivity contribution in [1.82, 2.24) is 20.3 Å². The lowest BCUT2D eigenvalue weighted by Crippen LogP contribution is -3.11. The first-order valence-electron chi connectivity index (χ1n) is 9.14. The van der Waals surface area contributed by atoms with Crippen molar-refractivity contribution in [2.75, 3.05) is 24.1 Å². The number of hydrogen-bond donors (Lipinski definition) is 4. The van der Waals surface area contributed by atoms with E-state index in [1.165, 1.54) is 0 Å². The maximum atomic E-state index is 12.2. The summed E-state index contributed by atoms with van der Waals surface area (Å²) in [5.41, 5.74) is 7.61. The van der Waals surface area contributed by atoms with E-state index in [0.717, 1.165) is 22.7 Å². The molecule has 1 heterocycles. The number of aromatic nitrogens is 3. The predicted molar refractivity (Wildman–Crippen MR) is 107 cm³/mol. The van der Waals surface area contributed by atoms with Crippen molar-refractivity contribution in [3.05, 3.63) is 35.7 Å². The van der Waals surface area contributed by atoms with Crippen LogP contribution in [0.4, 0.5) is 17.6 Å². The van der Waals surface area contributed by atoms with Crippen LogP contribution in [-0.2, 0) is 11.3 Å². The molecule has 1 unspecified atom stereocenters. The second-order valence-corrected chi connectivity index (χ2v) is 7.63. The molecule has 8 heteroatoms. The highest BCUT2D eigenvalue weighted by Gasteiger charge is 2.20. The monoisotopic (exact) mass is 372 g/mol. The molecule has 8 nitrogen and oxygen atoms in total. The van der Waals surface area contributed by atoms with Crippen LogP contribution in [0.2, 0.25) is 0 Å². The van der Waals surface area contributed by atoms with Gasteiger partial charge in [-0.25, -0.2) is 0 Å². The average Bonchev–Trinajstić information content (AvgIpc) is 2.54. The van der Waals surface area contributed by atoms with E-state index in [0.29, 0.717) is 24.9 Å². The number of anilines is 3. The summed E-state index contributed by atoms with van der Waals surface area (Å²) < 4.78 is 0. The number of aryl methyl sites for hydroxylation is 1. The summed E-state index contributed by atoms with van der Waals surface area (Å²) in [6.45, 7) is 11.5. The Kier molecular flexibility index (Phi) is 6.68. The molecule has 5 N–H and O–H groups in total. The average molecular weight is 372 g/mol. The quantitative estimate of drug-likeness (QED) is 0.573. The molecule has 1 aromatic heterocycles. The number of nitrogen functional groups attached to an aromatic ring is 1.